The Bertz CT molecular complexity index is 4130. The molecule has 0 aromatic carbocycles. The van der Waals surface area contributed by atoms with E-state index < -0.39 is 68.9 Å². The summed E-state index contributed by atoms with van der Waals surface area (Å²) >= 11 is 0. The SMILES string of the molecule is CCC(C)(C)C(=O)OC.CCC(C)(C)C(=O)OC1(C)C2CC3CC(C2)CC1C3.CCC(C)(C)C(=O)OC1(CC)C2CC3CC(C2)CC1C3.CCC(C)(C)C(=O)OC12CC3CC(CC(O)(C3)C1)C2.CCC(C)(C)C(=O)OC12CC3CC(O)(CC(O)(C3)C1)C2.CCC(C)(C)C(=O)OC1COC(=O)C1.CCC(C)C(=O)OC(C)(C)C12CC3CC(CC(C3)C1)C2.OC(CC1CC2CCC1C2)(C(F)(F)F)C(F)(F)F. The van der Waals surface area contributed by atoms with Crippen LogP contribution in [0.2, 0.25) is 0 Å². The van der Waals surface area contributed by atoms with Crippen molar-refractivity contribution in [3.8, 4) is 0 Å². The molecule has 0 radical (unpaired) electrons. The molecular formula is C113H184F6O20. The van der Waals surface area contributed by atoms with Gasteiger partial charge in [-0.05, 0) is 436 Å². The highest BCUT2D eigenvalue weighted by atomic mass is 19.4. The number of aliphatic hydroxyl groups is 4. The molecule has 9 unspecified atom stereocenters. The zero-order valence-corrected chi connectivity index (χ0v) is 90.0. The molecule has 0 amide bonds. The van der Waals surface area contributed by atoms with E-state index in [9.17, 15) is 80.0 Å². The molecule has 23 aliphatic rings. The number of carbonyl (C=O) groups excluding carboxylic acids is 8. The number of methoxy groups -OCH3 is 1. The highest BCUT2D eigenvalue weighted by molar-refractivity contribution is 5.79. The van der Waals surface area contributed by atoms with Crippen molar-refractivity contribution in [2.24, 2.45) is 144 Å². The molecule has 0 aromatic heterocycles. The Morgan fingerprint density at radius 3 is 1.13 bits per heavy atom. The number of halogens is 6. The van der Waals surface area contributed by atoms with Crippen molar-refractivity contribution in [1.29, 1.82) is 0 Å². The molecule has 20 nitrogen and oxygen atoms in total. The average Bonchev–Trinajstić information content (AvgIpc) is 1.45. The van der Waals surface area contributed by atoms with E-state index in [-0.39, 0.29) is 135 Å². The zero-order valence-electron chi connectivity index (χ0n) is 90.0. The summed E-state index contributed by atoms with van der Waals surface area (Å²) in [6.07, 6.45) is 27.3. The van der Waals surface area contributed by atoms with Gasteiger partial charge in [-0.25, -0.2) is 0 Å². The van der Waals surface area contributed by atoms with Crippen LogP contribution in [-0.2, 0) is 76.3 Å². The first-order chi connectivity index (χ1) is 64.0. The predicted octanol–water partition coefficient (Wildman–Crippen LogP) is 25.1. The van der Waals surface area contributed by atoms with Gasteiger partial charge in [-0.3, -0.25) is 38.4 Å². The van der Waals surface area contributed by atoms with E-state index in [1.54, 1.807) is 0 Å². The third kappa shape index (κ3) is 25.3. The molecule has 22 aliphatic carbocycles. The van der Waals surface area contributed by atoms with Gasteiger partial charge in [0.1, 0.15) is 40.7 Å². The summed E-state index contributed by atoms with van der Waals surface area (Å²) in [6, 6.07) is 0. The fraction of sp³-hybridized carbons (Fsp3) is 0.929. The van der Waals surface area contributed by atoms with Gasteiger partial charge in [0.15, 0.2) is 0 Å². The van der Waals surface area contributed by atoms with Crippen LogP contribution in [0.25, 0.3) is 0 Å². The number of ether oxygens (including phenoxy) is 8. The van der Waals surface area contributed by atoms with Gasteiger partial charge in [-0.1, -0.05) is 68.7 Å². The molecule has 22 bridgehead atoms. The molecule has 23 fully saturated rings. The Hall–Kier alpha value is -4.82. The van der Waals surface area contributed by atoms with Crippen molar-refractivity contribution in [3.63, 3.8) is 0 Å². The number of esters is 8. The summed E-state index contributed by atoms with van der Waals surface area (Å²) in [4.78, 5) is 95.3. The van der Waals surface area contributed by atoms with Gasteiger partial charge in [-0.2, -0.15) is 26.3 Å². The molecule has 798 valence electrons. The zero-order chi connectivity index (χ0) is 104. The number of hydrogen-bond acceptors (Lipinski definition) is 20. The van der Waals surface area contributed by atoms with Gasteiger partial charge in [0.25, 0.3) is 5.60 Å². The summed E-state index contributed by atoms with van der Waals surface area (Å²) in [6.45, 7) is 48.2. The minimum atomic E-state index is -5.67. The Morgan fingerprint density at radius 1 is 0.410 bits per heavy atom. The molecule has 0 spiro atoms. The first kappa shape index (κ1) is 114. The fourth-order valence-electron chi connectivity index (χ4n) is 29.9. The topological polar surface area (TPSA) is 291 Å². The second kappa shape index (κ2) is 42.1. The summed E-state index contributed by atoms with van der Waals surface area (Å²) in [7, 11) is 1.42. The van der Waals surface area contributed by atoms with E-state index in [4.69, 9.17) is 38.3 Å². The lowest BCUT2D eigenvalue weighted by atomic mass is 9.46. The minimum Gasteiger partial charge on any atom is -0.469 e. The van der Waals surface area contributed by atoms with Crippen LogP contribution in [0.1, 0.15) is 436 Å². The number of cyclic esters (lactones) is 1. The predicted molar refractivity (Wildman–Crippen MR) is 519 cm³/mol. The molecule has 9 atom stereocenters. The highest BCUT2D eigenvalue weighted by Crippen LogP contribution is 2.68. The third-order valence-electron chi connectivity index (χ3n) is 39.9. The van der Waals surface area contributed by atoms with Crippen LogP contribution in [0.5, 0.6) is 0 Å². The fourth-order valence-corrected chi connectivity index (χ4v) is 29.9. The summed E-state index contributed by atoms with van der Waals surface area (Å²) in [5.74, 6) is 8.94. The number of hydrogen-bond donors (Lipinski definition) is 4. The monoisotopic (exact) mass is 1980 g/mol. The van der Waals surface area contributed by atoms with Gasteiger partial charge in [0.05, 0.1) is 68.7 Å². The van der Waals surface area contributed by atoms with Crippen LogP contribution in [0.15, 0.2) is 0 Å². The smallest absolute Gasteiger partial charge is 0.426 e. The first-order valence-corrected chi connectivity index (χ1v) is 54.7. The van der Waals surface area contributed by atoms with Gasteiger partial charge in [-0.15, -0.1) is 0 Å². The van der Waals surface area contributed by atoms with Crippen LogP contribution in [0, 0.1) is 144 Å². The number of carbonyl (C=O) groups is 8. The molecule has 22 saturated carbocycles. The van der Waals surface area contributed by atoms with Gasteiger partial charge in [0, 0.05) is 31.1 Å². The largest absolute Gasteiger partial charge is 0.469 e. The van der Waals surface area contributed by atoms with Crippen LogP contribution in [0.4, 0.5) is 26.3 Å². The van der Waals surface area contributed by atoms with Crippen LogP contribution >= 0.6 is 0 Å². The summed E-state index contributed by atoms with van der Waals surface area (Å²) in [5.41, 5.74) is -10.5. The van der Waals surface area contributed by atoms with Crippen molar-refractivity contribution >= 4 is 47.8 Å². The van der Waals surface area contributed by atoms with Crippen molar-refractivity contribution in [3.05, 3.63) is 0 Å². The lowest BCUT2D eigenvalue weighted by Gasteiger charge is -2.62. The van der Waals surface area contributed by atoms with E-state index in [2.05, 4.69) is 53.2 Å². The van der Waals surface area contributed by atoms with Crippen LogP contribution in [0.3, 0.4) is 0 Å². The van der Waals surface area contributed by atoms with Crippen molar-refractivity contribution in [1.82, 2.24) is 0 Å². The molecule has 23 rings (SSSR count). The molecule has 26 heteroatoms. The third-order valence-corrected chi connectivity index (χ3v) is 39.9. The quantitative estimate of drug-likeness (QED) is 0.0397. The molecule has 4 N–H and O–H groups in total. The second-order valence-corrected chi connectivity index (χ2v) is 53.4. The normalized spacial score (nSPS) is 38.1. The maximum Gasteiger partial charge on any atom is 0.426 e. The van der Waals surface area contributed by atoms with E-state index in [1.807, 2.05) is 118 Å². The Labute approximate surface area is 829 Å². The molecule has 1 heterocycles. The van der Waals surface area contributed by atoms with Crippen molar-refractivity contribution in [2.45, 2.75) is 505 Å². The van der Waals surface area contributed by atoms with Gasteiger partial charge >= 0.3 is 60.1 Å². The Kier molecular flexibility index (Phi) is 34.7. The maximum absolute atomic E-state index is 12.6. The standard InChI is InChI=1S/2C18H30O2.C17H28O2.C16H26O4.C16H26O3.C11H14F6O.C10H16O4.C7H14O2/c1-5-12(2)16(19)20-17(3,4)18-9-13-6-14(10-18)8-15(7-13)11-18;1-5-17(3,4)16(19)20-18(6-2)14-8-12-7-13(10-14)11-15(18)9-12;1-5-16(2,3)15(18)19-17(4)13-7-11-6-12(9-13)10-14(17)8-11;1-4-13(2,3)12(17)20-16-7-11-5-14(18,9-16)8-15(19,6-11)10-16;1-4-14(2,3)13(17)19-16-8-11-5-12(9-16)7-15(18,6-11)10-16;12-10(13,14)9(18,11(15,16)17)5-8-4-6-1-2-7(8)3-6;1-4-10(2,3)9(12)14-7-5-8(11)13-6-7;1-5-7(2,3)6(8)9-4/h2*12-15H,5-11H2,1-4H3;11-14H,5-10H2,1-4H3;11,18-19H,4-10H2,1-3H3;11-12,18H,4-10H2,1-3H3;6-8,18H,1-5H2;7H,4-6H2,1-3H3;5H2,1-4H3. The number of fused-ring (bicyclic) bond motifs is 2. The van der Waals surface area contributed by atoms with Crippen molar-refractivity contribution < 1.29 is 123 Å². The average molecular weight is 1980 g/mol. The van der Waals surface area contributed by atoms with E-state index in [0.29, 0.717) is 86.9 Å². The van der Waals surface area contributed by atoms with E-state index in [0.717, 1.165) is 138 Å². The van der Waals surface area contributed by atoms with Gasteiger partial charge in [0.2, 0.25) is 0 Å². The maximum atomic E-state index is 12.6. The lowest BCUT2D eigenvalue weighted by molar-refractivity contribution is -0.373. The number of rotatable bonds is 24. The van der Waals surface area contributed by atoms with Crippen LogP contribution in [-0.4, -0.2) is 151 Å². The first-order valence-electron chi connectivity index (χ1n) is 54.7. The second-order valence-electron chi connectivity index (χ2n) is 53.4. The molecule has 139 heavy (non-hydrogen) atoms. The minimum absolute atomic E-state index is 0.00763. The van der Waals surface area contributed by atoms with E-state index >= 15 is 0 Å². The molecule has 1 aliphatic heterocycles. The lowest BCUT2D eigenvalue weighted by Crippen LogP contribution is -2.67. The molecular weight excluding hydrogens is 1790 g/mol. The molecule has 0 aromatic rings. The van der Waals surface area contributed by atoms with Crippen LogP contribution < -0.4 is 0 Å². The number of alkyl halides is 6. The summed E-state index contributed by atoms with van der Waals surface area (Å²) < 4.78 is 120. The Morgan fingerprint density at radius 2 is 0.777 bits per heavy atom. The highest BCUT2D eigenvalue weighted by Gasteiger charge is 2.72. The Balaban J connectivity index is 0.000000153. The molecule has 1 saturated heterocycles. The summed E-state index contributed by atoms with van der Waals surface area (Å²) in [5, 5.41) is 41.1. The van der Waals surface area contributed by atoms with Crippen molar-refractivity contribution in [2.75, 3.05) is 13.7 Å². The van der Waals surface area contributed by atoms with E-state index in [1.165, 1.54) is 116 Å². The van der Waals surface area contributed by atoms with Gasteiger partial charge < -0.3 is 58.3 Å².